The van der Waals surface area contributed by atoms with E-state index in [-0.39, 0.29) is 29.0 Å². The quantitative estimate of drug-likeness (QED) is 0.373. The second-order valence-electron chi connectivity index (χ2n) is 9.05. The van der Waals surface area contributed by atoms with Crippen LogP contribution in [0, 0.1) is 24.1 Å². The van der Waals surface area contributed by atoms with Gasteiger partial charge in [-0.15, -0.1) is 0 Å². The van der Waals surface area contributed by atoms with Gasteiger partial charge in [-0.25, -0.2) is 8.91 Å². The number of halogens is 4. The predicted molar refractivity (Wildman–Crippen MR) is 123 cm³/mol. The first-order chi connectivity index (χ1) is 17.7. The van der Waals surface area contributed by atoms with E-state index < -0.39 is 23.8 Å². The average Bonchev–Trinajstić information content (AvgIpc) is 3.46. The van der Waals surface area contributed by atoms with Gasteiger partial charge >= 0.3 is 6.18 Å². The molecule has 0 amide bonds. The van der Waals surface area contributed by atoms with Crippen molar-refractivity contribution < 1.29 is 27.4 Å². The number of hydrogen-bond acceptors (Lipinski definition) is 6. The van der Waals surface area contributed by atoms with Crippen LogP contribution in [0.2, 0.25) is 0 Å². The Morgan fingerprint density at radius 3 is 2.54 bits per heavy atom. The van der Waals surface area contributed by atoms with Crippen LogP contribution in [0.1, 0.15) is 54.8 Å². The summed E-state index contributed by atoms with van der Waals surface area (Å²) in [7, 11) is 0. The molecule has 4 aromatic heterocycles. The van der Waals surface area contributed by atoms with Crippen molar-refractivity contribution in [1.29, 1.82) is 5.26 Å². The average molecular weight is 514 g/mol. The highest BCUT2D eigenvalue weighted by molar-refractivity contribution is 5.76. The van der Waals surface area contributed by atoms with Crippen molar-refractivity contribution in [1.82, 2.24) is 24.4 Å². The molecule has 1 saturated carbocycles. The third-order valence-electron chi connectivity index (χ3n) is 6.63. The SMILES string of the molecule is Cc1c(-c2cc(O[C@@H](c3ccc(F)cn3)C(F)(F)F)c3c(C#N)cnn3c2)cnn1C1CCC(O)CC1. The number of aliphatic hydroxyl groups is 1. The van der Waals surface area contributed by atoms with Gasteiger partial charge in [-0.1, -0.05) is 0 Å². The van der Waals surface area contributed by atoms with Crippen molar-refractivity contribution in [3.8, 4) is 22.9 Å². The zero-order valence-corrected chi connectivity index (χ0v) is 19.7. The lowest BCUT2D eigenvalue weighted by Crippen LogP contribution is -2.27. The fourth-order valence-electron chi connectivity index (χ4n) is 4.75. The lowest BCUT2D eigenvalue weighted by molar-refractivity contribution is -0.198. The lowest BCUT2D eigenvalue weighted by atomic mass is 9.93. The molecule has 1 atom stereocenters. The summed E-state index contributed by atoms with van der Waals surface area (Å²) >= 11 is 0. The van der Waals surface area contributed by atoms with Gasteiger partial charge in [-0.05, 0) is 50.8 Å². The molecule has 0 unspecified atom stereocenters. The summed E-state index contributed by atoms with van der Waals surface area (Å²) in [6.45, 7) is 1.86. The van der Waals surface area contributed by atoms with Crippen molar-refractivity contribution in [2.45, 2.75) is 57.0 Å². The highest BCUT2D eigenvalue weighted by atomic mass is 19.4. The molecule has 1 fully saturated rings. The molecule has 0 spiro atoms. The number of aromatic nitrogens is 5. The third-order valence-corrected chi connectivity index (χ3v) is 6.63. The van der Waals surface area contributed by atoms with E-state index in [4.69, 9.17) is 4.74 Å². The maximum Gasteiger partial charge on any atom is 0.431 e. The number of nitriles is 1. The summed E-state index contributed by atoms with van der Waals surface area (Å²) < 4.78 is 64.1. The molecule has 37 heavy (non-hydrogen) atoms. The summed E-state index contributed by atoms with van der Waals surface area (Å²) in [5, 5.41) is 28.0. The van der Waals surface area contributed by atoms with Gasteiger partial charge < -0.3 is 9.84 Å². The first-order valence-electron chi connectivity index (χ1n) is 11.6. The molecule has 12 heteroatoms. The molecule has 1 N–H and O–H groups in total. The van der Waals surface area contributed by atoms with Gasteiger partial charge in [-0.3, -0.25) is 9.67 Å². The topological polar surface area (TPSA) is 101 Å². The van der Waals surface area contributed by atoms with Crippen LogP contribution in [0.5, 0.6) is 5.75 Å². The molecule has 8 nitrogen and oxygen atoms in total. The maximum absolute atomic E-state index is 14.0. The van der Waals surface area contributed by atoms with Gasteiger partial charge in [0.15, 0.2) is 0 Å². The highest BCUT2D eigenvalue weighted by Gasteiger charge is 2.44. The summed E-state index contributed by atoms with van der Waals surface area (Å²) in [4.78, 5) is 3.57. The first kappa shape index (κ1) is 24.7. The summed E-state index contributed by atoms with van der Waals surface area (Å²) in [5.74, 6) is -1.01. The summed E-state index contributed by atoms with van der Waals surface area (Å²) in [5.41, 5.74) is 1.51. The molecule has 192 valence electrons. The lowest BCUT2D eigenvalue weighted by Gasteiger charge is -2.26. The van der Waals surface area contributed by atoms with Crippen molar-refractivity contribution in [2.24, 2.45) is 0 Å². The van der Waals surface area contributed by atoms with Crippen LogP contribution in [0.3, 0.4) is 0 Å². The smallest absolute Gasteiger partial charge is 0.431 e. The third kappa shape index (κ3) is 4.74. The highest BCUT2D eigenvalue weighted by Crippen LogP contribution is 2.40. The Kier molecular flexibility index (Phi) is 6.33. The molecule has 5 rings (SSSR count). The van der Waals surface area contributed by atoms with Crippen LogP contribution >= 0.6 is 0 Å². The van der Waals surface area contributed by atoms with E-state index in [2.05, 4.69) is 15.2 Å². The van der Waals surface area contributed by atoms with Gasteiger partial charge in [0.1, 0.15) is 28.7 Å². The molecule has 4 aromatic rings. The van der Waals surface area contributed by atoms with Crippen LogP contribution < -0.4 is 4.74 Å². The molecular weight excluding hydrogens is 492 g/mol. The van der Waals surface area contributed by atoms with Gasteiger partial charge in [0.25, 0.3) is 0 Å². The molecule has 0 aromatic carbocycles. The standard InChI is InChI=1S/C25H22F4N6O2/c1-14-20(12-33-35(14)18-3-5-19(36)6-4-18)15-8-22(23-16(9-30)10-32-34(23)13-15)37-24(25(27,28)29)21-7-2-17(26)11-31-21/h2,7-8,10-13,18-19,24,36H,3-6H2,1H3/t18?,19?,24-/m0/s1. The Bertz CT molecular complexity index is 1460. The molecule has 4 heterocycles. The number of aliphatic hydroxyl groups excluding tert-OH is 1. The largest absolute Gasteiger partial charge is 0.472 e. The number of rotatable bonds is 5. The minimum Gasteiger partial charge on any atom is -0.472 e. The Morgan fingerprint density at radius 1 is 1.14 bits per heavy atom. The van der Waals surface area contributed by atoms with E-state index in [1.54, 1.807) is 12.4 Å². The number of nitrogens with zero attached hydrogens (tertiary/aromatic N) is 6. The van der Waals surface area contributed by atoms with Crippen LogP contribution in [-0.4, -0.2) is 41.8 Å². The number of pyridine rings is 2. The molecule has 1 aliphatic rings. The second kappa shape index (κ2) is 9.48. The number of fused-ring (bicyclic) bond motifs is 1. The van der Waals surface area contributed by atoms with Gasteiger partial charge in [0.2, 0.25) is 6.10 Å². The van der Waals surface area contributed by atoms with E-state index in [0.717, 1.165) is 30.7 Å². The number of hydrogen-bond donors (Lipinski definition) is 1. The van der Waals surface area contributed by atoms with Crippen molar-refractivity contribution in [3.05, 3.63) is 65.8 Å². The first-order valence-corrected chi connectivity index (χ1v) is 11.6. The number of alkyl halides is 3. The fraction of sp³-hybridized carbons (Fsp3) is 0.360. The number of ether oxygens (including phenoxy) is 1. The van der Waals surface area contributed by atoms with Gasteiger partial charge in [0.05, 0.1) is 36.4 Å². The second-order valence-corrected chi connectivity index (χ2v) is 9.05. The van der Waals surface area contributed by atoms with Crippen LogP contribution in [0.4, 0.5) is 17.6 Å². The fourth-order valence-corrected chi connectivity index (χ4v) is 4.75. The molecule has 0 bridgehead atoms. The monoisotopic (exact) mass is 514 g/mol. The minimum absolute atomic E-state index is 0.0303. The van der Waals surface area contributed by atoms with E-state index in [9.17, 15) is 27.9 Å². The minimum atomic E-state index is -4.88. The normalized spacial score (nSPS) is 19.1. The maximum atomic E-state index is 14.0. The van der Waals surface area contributed by atoms with E-state index in [1.807, 2.05) is 17.7 Å². The summed E-state index contributed by atoms with van der Waals surface area (Å²) in [6, 6.07) is 5.22. The predicted octanol–water partition coefficient (Wildman–Crippen LogP) is 5.07. The zero-order valence-electron chi connectivity index (χ0n) is 19.7. The Morgan fingerprint density at radius 2 is 1.89 bits per heavy atom. The van der Waals surface area contributed by atoms with Crippen LogP contribution in [0.25, 0.3) is 16.6 Å². The Balaban J connectivity index is 1.59. The van der Waals surface area contributed by atoms with Gasteiger partial charge in [0, 0.05) is 23.0 Å². The Hall–Kier alpha value is -3.98. The van der Waals surface area contributed by atoms with Gasteiger partial charge in [-0.2, -0.15) is 28.6 Å². The Labute approximate surface area is 208 Å². The molecule has 0 radical (unpaired) electrons. The summed E-state index contributed by atoms with van der Waals surface area (Å²) in [6.07, 6.45) is 0.317. The van der Waals surface area contributed by atoms with E-state index in [1.165, 1.54) is 16.8 Å². The van der Waals surface area contributed by atoms with E-state index in [0.29, 0.717) is 30.2 Å². The molecular formula is C25H22F4N6O2. The zero-order chi connectivity index (χ0) is 26.3. The van der Waals surface area contributed by atoms with Crippen molar-refractivity contribution in [3.63, 3.8) is 0 Å². The van der Waals surface area contributed by atoms with E-state index >= 15 is 0 Å². The van der Waals surface area contributed by atoms with Crippen LogP contribution in [-0.2, 0) is 0 Å². The van der Waals surface area contributed by atoms with Crippen molar-refractivity contribution in [2.75, 3.05) is 0 Å². The molecule has 1 aliphatic carbocycles. The molecule has 0 saturated heterocycles. The van der Waals surface area contributed by atoms with Crippen molar-refractivity contribution >= 4 is 5.52 Å². The molecule has 0 aliphatic heterocycles. The van der Waals surface area contributed by atoms with Crippen LogP contribution in [0.15, 0.2) is 43.0 Å².